The van der Waals surface area contributed by atoms with Gasteiger partial charge in [-0.15, -0.1) is 11.3 Å². The van der Waals surface area contributed by atoms with Gasteiger partial charge in [0, 0.05) is 10.9 Å². The van der Waals surface area contributed by atoms with Gasteiger partial charge in [-0.3, -0.25) is 10.1 Å². The summed E-state index contributed by atoms with van der Waals surface area (Å²) >= 11 is 1.11. The highest BCUT2D eigenvalue weighted by atomic mass is 32.2. The molecule has 1 aromatic carbocycles. The molecule has 0 spiro atoms. The van der Waals surface area contributed by atoms with Crippen molar-refractivity contribution in [3.05, 3.63) is 40.9 Å². The number of ether oxygens (including phenoxy) is 1. The van der Waals surface area contributed by atoms with Gasteiger partial charge in [0.15, 0.2) is 10.8 Å². The summed E-state index contributed by atoms with van der Waals surface area (Å²) in [5, 5.41) is 9.39. The Kier molecular flexibility index (Phi) is 5.88. The number of carbonyl (C=O) groups is 2. The number of nitrogens with one attached hydrogen (secondary N) is 1. The van der Waals surface area contributed by atoms with E-state index in [9.17, 15) is 18.0 Å². The number of amides is 1. The molecule has 144 valence electrons. The van der Waals surface area contributed by atoms with Crippen molar-refractivity contribution < 1.29 is 22.7 Å². The Morgan fingerprint density at radius 2 is 1.81 bits per heavy atom. The maximum absolute atomic E-state index is 12.2. The molecule has 2 aromatic rings. The van der Waals surface area contributed by atoms with Gasteiger partial charge < -0.3 is 4.74 Å². The van der Waals surface area contributed by atoms with Gasteiger partial charge in [0.05, 0.1) is 4.90 Å². The first-order valence-corrected chi connectivity index (χ1v) is 10.9. The number of benzene rings is 1. The zero-order chi connectivity index (χ0) is 19.4. The molecule has 1 heterocycles. The zero-order valence-electron chi connectivity index (χ0n) is 14.4. The maximum atomic E-state index is 12.2. The van der Waals surface area contributed by atoms with Crippen molar-refractivity contribution in [1.29, 1.82) is 0 Å². The van der Waals surface area contributed by atoms with E-state index in [1.54, 1.807) is 0 Å². The average molecular weight is 409 g/mol. The molecule has 3 rings (SSSR count). The molecule has 8 nitrogen and oxygen atoms in total. The number of primary sulfonamides is 1. The van der Waals surface area contributed by atoms with E-state index in [2.05, 4.69) is 10.3 Å². The summed E-state index contributed by atoms with van der Waals surface area (Å²) in [5.74, 6) is -0.964. The van der Waals surface area contributed by atoms with E-state index in [1.165, 1.54) is 36.1 Å². The van der Waals surface area contributed by atoms with E-state index < -0.39 is 21.9 Å². The minimum Gasteiger partial charge on any atom is -0.458 e. The van der Waals surface area contributed by atoms with Crippen LogP contribution in [-0.4, -0.2) is 31.4 Å². The van der Waals surface area contributed by atoms with E-state index in [4.69, 9.17) is 9.88 Å². The van der Waals surface area contributed by atoms with Crippen LogP contribution in [0, 0.1) is 0 Å². The van der Waals surface area contributed by atoms with E-state index in [0.29, 0.717) is 0 Å². The second kappa shape index (κ2) is 8.15. The second-order valence-corrected chi connectivity index (χ2v) is 8.65. The molecule has 1 aromatic heterocycles. The first-order chi connectivity index (χ1) is 12.8. The number of nitrogens with two attached hydrogens (primary N) is 1. The number of sulfonamides is 1. The first-order valence-electron chi connectivity index (χ1n) is 8.43. The van der Waals surface area contributed by atoms with Gasteiger partial charge in [0.25, 0.3) is 5.91 Å². The predicted molar refractivity (Wildman–Crippen MR) is 100 cm³/mol. The number of hydrogen-bond acceptors (Lipinski definition) is 7. The van der Waals surface area contributed by atoms with Crippen molar-refractivity contribution in [1.82, 2.24) is 4.98 Å². The number of aromatic nitrogens is 1. The number of carbonyl (C=O) groups excluding carboxylic acids is 2. The highest BCUT2D eigenvalue weighted by Crippen LogP contribution is 2.23. The molecular formula is C17H19N3O5S2. The quantitative estimate of drug-likeness (QED) is 0.730. The van der Waals surface area contributed by atoms with Gasteiger partial charge in [-0.25, -0.2) is 23.3 Å². The van der Waals surface area contributed by atoms with E-state index in [0.717, 1.165) is 37.0 Å². The van der Waals surface area contributed by atoms with Crippen LogP contribution in [0.3, 0.4) is 0 Å². The van der Waals surface area contributed by atoms with Crippen molar-refractivity contribution in [2.24, 2.45) is 5.14 Å². The lowest BCUT2D eigenvalue weighted by Gasteiger charge is -2.21. The van der Waals surface area contributed by atoms with Crippen LogP contribution in [0.4, 0.5) is 5.13 Å². The maximum Gasteiger partial charge on any atom is 0.358 e. The van der Waals surface area contributed by atoms with Gasteiger partial charge in [0.1, 0.15) is 6.10 Å². The fourth-order valence-corrected chi connectivity index (χ4v) is 3.98. The fourth-order valence-electron chi connectivity index (χ4n) is 2.78. The Balaban J connectivity index is 1.61. The summed E-state index contributed by atoms with van der Waals surface area (Å²) in [5.41, 5.74) is 0.398. The lowest BCUT2D eigenvalue weighted by atomic mass is 9.98. The van der Waals surface area contributed by atoms with Gasteiger partial charge in [-0.05, 0) is 49.9 Å². The lowest BCUT2D eigenvalue weighted by molar-refractivity contribution is 0.0205. The van der Waals surface area contributed by atoms with Crippen molar-refractivity contribution >= 4 is 38.4 Å². The van der Waals surface area contributed by atoms with Crippen molar-refractivity contribution in [2.45, 2.75) is 43.1 Å². The molecule has 1 saturated carbocycles. The van der Waals surface area contributed by atoms with E-state index in [1.807, 2.05) is 0 Å². The number of thiazole rings is 1. The SMILES string of the molecule is NS(=O)(=O)c1ccc(C(=O)Nc2nc(C(=O)OC3CCCCC3)cs2)cc1. The molecule has 1 aliphatic carbocycles. The molecule has 10 heteroatoms. The number of anilines is 1. The predicted octanol–water partition coefficient (Wildman–Crippen LogP) is 2.53. The largest absolute Gasteiger partial charge is 0.458 e. The third-order valence-electron chi connectivity index (χ3n) is 4.20. The Morgan fingerprint density at radius 3 is 2.44 bits per heavy atom. The molecule has 1 aliphatic rings. The summed E-state index contributed by atoms with van der Waals surface area (Å²) in [6.07, 6.45) is 4.95. The smallest absolute Gasteiger partial charge is 0.358 e. The van der Waals surface area contributed by atoms with E-state index >= 15 is 0 Å². The summed E-state index contributed by atoms with van der Waals surface area (Å²) < 4.78 is 27.9. The van der Waals surface area contributed by atoms with Crippen molar-refractivity contribution in [3.63, 3.8) is 0 Å². The molecule has 3 N–H and O–H groups in total. The summed E-state index contributed by atoms with van der Waals surface area (Å²) in [6.45, 7) is 0. The summed E-state index contributed by atoms with van der Waals surface area (Å²) in [7, 11) is -3.82. The normalized spacial score (nSPS) is 15.3. The standard InChI is InChI=1S/C17H19N3O5S2/c18-27(23,24)13-8-6-11(7-9-13)15(21)20-17-19-14(10-26-17)16(22)25-12-4-2-1-3-5-12/h6-10,12H,1-5H2,(H2,18,23,24)(H,19,20,21). The van der Waals surface area contributed by atoms with Crippen molar-refractivity contribution in [3.8, 4) is 0 Å². The Labute approximate surface area is 160 Å². The third-order valence-corrected chi connectivity index (χ3v) is 5.89. The second-order valence-electron chi connectivity index (χ2n) is 6.23. The third kappa shape index (κ3) is 5.12. The molecule has 0 aliphatic heterocycles. The molecule has 0 saturated heterocycles. The van der Waals surface area contributed by atoms with Crippen LogP contribution < -0.4 is 10.5 Å². The zero-order valence-corrected chi connectivity index (χ0v) is 16.0. The van der Waals surface area contributed by atoms with Gasteiger partial charge >= 0.3 is 5.97 Å². The Morgan fingerprint density at radius 1 is 1.15 bits per heavy atom. The van der Waals surface area contributed by atoms with Crippen LogP contribution in [-0.2, 0) is 14.8 Å². The Hall–Kier alpha value is -2.30. The number of esters is 1. The number of nitrogens with zero attached hydrogens (tertiary/aromatic N) is 1. The van der Waals surface area contributed by atoms with Crippen LogP contribution in [0.25, 0.3) is 0 Å². The molecule has 0 atom stereocenters. The molecule has 0 bridgehead atoms. The summed E-state index contributed by atoms with van der Waals surface area (Å²) in [6, 6.07) is 5.19. The number of rotatable bonds is 5. The monoisotopic (exact) mass is 409 g/mol. The van der Waals surface area contributed by atoms with Gasteiger partial charge in [-0.1, -0.05) is 6.42 Å². The topological polar surface area (TPSA) is 128 Å². The Bertz CT molecular complexity index is 932. The van der Waals surface area contributed by atoms with Gasteiger partial charge in [-0.2, -0.15) is 0 Å². The molecule has 27 heavy (non-hydrogen) atoms. The number of hydrogen-bond donors (Lipinski definition) is 2. The molecular weight excluding hydrogens is 390 g/mol. The average Bonchev–Trinajstić information content (AvgIpc) is 3.10. The highest BCUT2D eigenvalue weighted by molar-refractivity contribution is 7.89. The molecule has 1 amide bonds. The molecule has 1 fully saturated rings. The molecule has 0 unspecified atom stereocenters. The summed E-state index contributed by atoms with van der Waals surface area (Å²) in [4.78, 5) is 28.4. The van der Waals surface area contributed by atoms with E-state index in [-0.39, 0.29) is 27.4 Å². The minimum atomic E-state index is -3.82. The van der Waals surface area contributed by atoms with Gasteiger partial charge in [0.2, 0.25) is 10.0 Å². The van der Waals surface area contributed by atoms with Crippen LogP contribution in [0.15, 0.2) is 34.5 Å². The van der Waals surface area contributed by atoms with Crippen LogP contribution in [0.5, 0.6) is 0 Å². The lowest BCUT2D eigenvalue weighted by Crippen LogP contribution is -2.21. The van der Waals surface area contributed by atoms with Crippen LogP contribution in [0.2, 0.25) is 0 Å². The van der Waals surface area contributed by atoms with Crippen molar-refractivity contribution in [2.75, 3.05) is 5.32 Å². The molecule has 0 radical (unpaired) electrons. The highest BCUT2D eigenvalue weighted by Gasteiger charge is 2.21. The van der Waals surface area contributed by atoms with Crippen LogP contribution in [0.1, 0.15) is 53.0 Å². The first kappa shape index (κ1) is 19.5. The fraction of sp³-hybridized carbons (Fsp3) is 0.353. The van der Waals surface area contributed by atoms with Crippen LogP contribution >= 0.6 is 11.3 Å². The minimum absolute atomic E-state index is 0.0664.